The van der Waals surface area contributed by atoms with E-state index in [9.17, 15) is 14.9 Å². The summed E-state index contributed by atoms with van der Waals surface area (Å²) < 4.78 is 7.14. The second-order valence-electron chi connectivity index (χ2n) is 6.65. The third kappa shape index (κ3) is 3.35. The third-order valence-electron chi connectivity index (χ3n) is 4.76. The predicted octanol–water partition coefficient (Wildman–Crippen LogP) is 3.53. The Morgan fingerprint density at radius 3 is 2.70 bits per heavy atom. The van der Waals surface area contributed by atoms with Gasteiger partial charge in [-0.15, -0.1) is 0 Å². The number of benzene rings is 2. The van der Waals surface area contributed by atoms with Gasteiger partial charge in [0.05, 0.1) is 26.7 Å². The van der Waals surface area contributed by atoms with Crippen LogP contribution in [0.1, 0.15) is 11.3 Å². The molecule has 150 valence electrons. The van der Waals surface area contributed by atoms with Crippen LogP contribution in [-0.2, 0) is 0 Å². The molecule has 0 aliphatic rings. The van der Waals surface area contributed by atoms with Gasteiger partial charge in [-0.05, 0) is 48.9 Å². The van der Waals surface area contributed by atoms with Gasteiger partial charge in [-0.3, -0.25) is 20.0 Å². The molecule has 2 heterocycles. The highest BCUT2D eigenvalue weighted by Gasteiger charge is 2.17. The van der Waals surface area contributed by atoms with Crippen LogP contribution in [0.4, 0.5) is 5.69 Å². The smallest absolute Gasteiger partial charge is 0.280 e. The van der Waals surface area contributed by atoms with Gasteiger partial charge in [-0.25, -0.2) is 4.68 Å². The molecule has 0 bridgehead atoms. The summed E-state index contributed by atoms with van der Waals surface area (Å²) in [5.41, 5.74) is 1.37. The highest BCUT2D eigenvalue weighted by atomic mass is 35.5. The van der Waals surface area contributed by atoms with Crippen molar-refractivity contribution in [3.05, 3.63) is 102 Å². The van der Waals surface area contributed by atoms with Crippen molar-refractivity contribution in [2.75, 3.05) is 0 Å². The highest BCUT2D eigenvalue weighted by Crippen LogP contribution is 2.30. The number of H-pyrrole nitrogens is 1. The highest BCUT2D eigenvalue weighted by molar-refractivity contribution is 6.31. The fourth-order valence-corrected chi connectivity index (χ4v) is 3.38. The van der Waals surface area contributed by atoms with Gasteiger partial charge in [0.15, 0.2) is 0 Å². The first kappa shape index (κ1) is 19.5. The molecule has 4 rings (SSSR count). The van der Waals surface area contributed by atoms with E-state index in [2.05, 4.69) is 11.7 Å². The zero-order valence-electron chi connectivity index (χ0n) is 15.9. The molecule has 0 saturated carbocycles. The fraction of sp³-hybridized carbons (Fsp3) is 0.0455. The largest absolute Gasteiger partial charge is 0.456 e. The van der Waals surface area contributed by atoms with Gasteiger partial charge in [0, 0.05) is 11.1 Å². The SMILES string of the molecule is C=c1[nH]n(-c2cccc(Cl)c2C)c(=O)c1=Cc1ccc(-c2ccccc2[N+](=O)[O-])o1. The average Bonchev–Trinajstić information content (AvgIpc) is 3.30. The minimum absolute atomic E-state index is 0.0586. The van der Waals surface area contributed by atoms with Crippen LogP contribution in [-0.4, -0.2) is 14.7 Å². The number of furan rings is 1. The fourth-order valence-electron chi connectivity index (χ4n) is 3.21. The van der Waals surface area contributed by atoms with Crippen molar-refractivity contribution in [1.82, 2.24) is 9.78 Å². The maximum absolute atomic E-state index is 13.0. The molecule has 2 aromatic heterocycles. The molecule has 7 nitrogen and oxygen atoms in total. The average molecular weight is 422 g/mol. The number of nitrogens with zero attached hydrogens (tertiary/aromatic N) is 2. The van der Waals surface area contributed by atoms with Crippen LogP contribution in [0.3, 0.4) is 0 Å². The van der Waals surface area contributed by atoms with Gasteiger partial charge in [0.2, 0.25) is 0 Å². The van der Waals surface area contributed by atoms with Crippen LogP contribution in [0.25, 0.3) is 29.7 Å². The van der Waals surface area contributed by atoms with Gasteiger partial charge >= 0.3 is 0 Å². The first-order chi connectivity index (χ1) is 14.4. The lowest BCUT2D eigenvalue weighted by molar-refractivity contribution is -0.384. The predicted molar refractivity (Wildman–Crippen MR) is 115 cm³/mol. The second kappa shape index (κ2) is 7.53. The number of aromatic amines is 1. The molecule has 1 N–H and O–H groups in total. The number of rotatable bonds is 4. The summed E-state index contributed by atoms with van der Waals surface area (Å²) >= 11 is 6.17. The molecule has 30 heavy (non-hydrogen) atoms. The van der Waals surface area contributed by atoms with E-state index < -0.39 is 4.92 Å². The zero-order valence-corrected chi connectivity index (χ0v) is 16.6. The lowest BCUT2D eigenvalue weighted by Crippen LogP contribution is -2.34. The summed E-state index contributed by atoms with van der Waals surface area (Å²) in [6, 6.07) is 14.9. The monoisotopic (exact) mass is 421 g/mol. The van der Waals surface area contributed by atoms with E-state index in [0.29, 0.717) is 38.4 Å². The van der Waals surface area contributed by atoms with Gasteiger partial charge in [0.25, 0.3) is 11.2 Å². The lowest BCUT2D eigenvalue weighted by atomic mass is 10.1. The lowest BCUT2D eigenvalue weighted by Gasteiger charge is -2.06. The van der Waals surface area contributed by atoms with Crippen molar-refractivity contribution >= 4 is 29.9 Å². The normalized spacial score (nSPS) is 11.7. The molecule has 0 amide bonds. The minimum Gasteiger partial charge on any atom is -0.456 e. The van der Waals surface area contributed by atoms with Gasteiger partial charge in [-0.1, -0.05) is 36.4 Å². The van der Waals surface area contributed by atoms with E-state index in [4.69, 9.17) is 16.0 Å². The number of hydrogen-bond acceptors (Lipinski definition) is 4. The van der Waals surface area contributed by atoms with E-state index in [1.807, 2.05) is 6.92 Å². The third-order valence-corrected chi connectivity index (χ3v) is 5.17. The maximum atomic E-state index is 13.0. The Hall–Kier alpha value is -3.84. The van der Waals surface area contributed by atoms with Crippen molar-refractivity contribution in [2.24, 2.45) is 0 Å². The number of nitrogens with one attached hydrogen (secondary N) is 1. The summed E-state index contributed by atoms with van der Waals surface area (Å²) in [6.45, 7) is 5.73. The second-order valence-corrected chi connectivity index (χ2v) is 7.06. The first-order valence-corrected chi connectivity index (χ1v) is 9.35. The Morgan fingerprint density at radius 2 is 1.93 bits per heavy atom. The standard InChI is InChI=1S/C22H16ClN3O4/c1-13-18(23)7-5-9-19(13)25-22(27)17(14(2)24-25)12-15-10-11-21(30-15)16-6-3-4-8-20(16)26(28)29/h3-12,24H,2H2,1H3. The van der Waals surface area contributed by atoms with Crippen LogP contribution < -0.4 is 16.1 Å². The van der Waals surface area contributed by atoms with Crippen molar-refractivity contribution in [1.29, 1.82) is 0 Å². The molecular weight excluding hydrogens is 406 g/mol. The van der Waals surface area contributed by atoms with Crippen molar-refractivity contribution in [3.8, 4) is 17.0 Å². The van der Waals surface area contributed by atoms with Gasteiger partial charge < -0.3 is 4.42 Å². The number of hydrogen-bond donors (Lipinski definition) is 1. The number of nitro benzene ring substituents is 1. The van der Waals surface area contributed by atoms with Crippen LogP contribution in [0.2, 0.25) is 5.02 Å². The first-order valence-electron chi connectivity index (χ1n) is 8.97. The maximum Gasteiger partial charge on any atom is 0.280 e. The summed E-state index contributed by atoms with van der Waals surface area (Å²) in [6.07, 6.45) is 1.55. The summed E-state index contributed by atoms with van der Waals surface area (Å²) in [5, 5.41) is 15.5. The number of nitro groups is 1. The topological polar surface area (TPSA) is 94.1 Å². The molecular formula is C22H16ClN3O4. The number of halogens is 1. The van der Waals surface area contributed by atoms with Crippen LogP contribution in [0.5, 0.6) is 0 Å². The van der Waals surface area contributed by atoms with E-state index in [1.165, 1.54) is 10.7 Å². The Bertz CT molecular complexity index is 1450. The molecule has 0 fully saturated rings. The Balaban J connectivity index is 1.81. The molecule has 0 saturated heterocycles. The number of para-hydroxylation sites is 1. The molecule has 0 aliphatic carbocycles. The molecule has 2 aromatic carbocycles. The van der Waals surface area contributed by atoms with Crippen molar-refractivity contribution in [3.63, 3.8) is 0 Å². The molecule has 8 heteroatoms. The molecule has 0 atom stereocenters. The molecule has 4 aromatic rings. The summed E-state index contributed by atoms with van der Waals surface area (Å²) in [4.78, 5) is 23.8. The van der Waals surface area contributed by atoms with Gasteiger partial charge in [-0.2, -0.15) is 0 Å². The van der Waals surface area contributed by atoms with E-state index in [-0.39, 0.29) is 11.2 Å². The quantitative estimate of drug-likeness (QED) is 0.403. The Morgan fingerprint density at radius 1 is 1.17 bits per heavy atom. The van der Waals surface area contributed by atoms with Crippen LogP contribution in [0.15, 0.2) is 63.8 Å². The van der Waals surface area contributed by atoms with Gasteiger partial charge in [0.1, 0.15) is 11.5 Å². The molecule has 0 aliphatic heterocycles. The summed E-state index contributed by atoms with van der Waals surface area (Å²) in [7, 11) is 0. The van der Waals surface area contributed by atoms with Crippen molar-refractivity contribution in [2.45, 2.75) is 6.92 Å². The molecule has 0 unspecified atom stereocenters. The van der Waals surface area contributed by atoms with E-state index in [1.54, 1.807) is 54.6 Å². The minimum atomic E-state index is -0.465. The van der Waals surface area contributed by atoms with Crippen molar-refractivity contribution < 1.29 is 9.34 Å². The molecule has 0 spiro atoms. The van der Waals surface area contributed by atoms with Crippen LogP contribution >= 0.6 is 11.6 Å². The zero-order chi connectivity index (χ0) is 21.4. The Labute approximate surface area is 175 Å². The van der Waals surface area contributed by atoms with E-state index >= 15 is 0 Å². The van der Waals surface area contributed by atoms with E-state index in [0.717, 1.165) is 5.56 Å². The number of aromatic nitrogens is 2. The summed E-state index contributed by atoms with van der Waals surface area (Å²) in [5.74, 6) is 0.708. The molecule has 0 radical (unpaired) electrons. The Kier molecular flexibility index (Phi) is 4.89. The van der Waals surface area contributed by atoms with Crippen LogP contribution in [0, 0.1) is 17.0 Å².